The summed E-state index contributed by atoms with van der Waals surface area (Å²) in [6, 6.07) is 9.80. The maximum Gasteiger partial charge on any atom is 0.270 e. The Hall–Kier alpha value is -2.34. The monoisotopic (exact) mass is 315 g/mol. The molecule has 1 saturated heterocycles. The summed E-state index contributed by atoms with van der Waals surface area (Å²) in [4.78, 5) is 27.9. The topological polar surface area (TPSA) is 65.8 Å². The third kappa shape index (κ3) is 2.82. The van der Waals surface area contributed by atoms with Crippen molar-refractivity contribution in [2.75, 3.05) is 26.2 Å². The molecule has 23 heavy (non-hydrogen) atoms. The fourth-order valence-corrected chi connectivity index (χ4v) is 3.05. The first kappa shape index (κ1) is 15.6. The van der Waals surface area contributed by atoms with Crippen molar-refractivity contribution in [2.45, 2.75) is 13.0 Å². The molecule has 1 aliphatic heterocycles. The molecular formula is C17H21N3O3. The van der Waals surface area contributed by atoms with Crippen molar-refractivity contribution in [3.63, 3.8) is 0 Å². The molecule has 122 valence electrons. The van der Waals surface area contributed by atoms with Crippen molar-refractivity contribution in [2.24, 2.45) is 7.05 Å². The van der Waals surface area contributed by atoms with Crippen molar-refractivity contribution in [1.29, 1.82) is 0 Å². The van der Waals surface area contributed by atoms with E-state index in [0.717, 1.165) is 10.9 Å². The van der Waals surface area contributed by atoms with Gasteiger partial charge in [0.1, 0.15) is 11.8 Å². The molecule has 6 heteroatoms. The molecule has 2 aromatic rings. The highest BCUT2D eigenvalue weighted by Gasteiger charge is 2.27. The van der Waals surface area contributed by atoms with Crippen LogP contribution < -0.4 is 0 Å². The molecular weight excluding hydrogens is 294 g/mol. The normalized spacial score (nSPS) is 16.7. The number of aliphatic hydroxyl groups is 1. The van der Waals surface area contributed by atoms with E-state index in [4.69, 9.17) is 0 Å². The molecule has 1 N–H and O–H groups in total. The minimum atomic E-state index is -0.990. The highest BCUT2D eigenvalue weighted by molar-refractivity contribution is 5.98. The van der Waals surface area contributed by atoms with Crippen LogP contribution in [0.5, 0.6) is 0 Å². The lowest BCUT2D eigenvalue weighted by Crippen LogP contribution is -2.52. The number of carbonyl (C=O) groups excluding carboxylic acids is 2. The molecule has 1 aromatic heterocycles. The Morgan fingerprint density at radius 2 is 1.70 bits per heavy atom. The molecule has 0 bridgehead atoms. The second kappa shape index (κ2) is 6.04. The molecule has 2 amide bonds. The largest absolute Gasteiger partial charge is 0.384 e. The van der Waals surface area contributed by atoms with E-state index < -0.39 is 6.10 Å². The smallest absolute Gasteiger partial charge is 0.270 e. The lowest BCUT2D eigenvalue weighted by molar-refractivity contribution is -0.140. The number of piperazine rings is 1. The predicted octanol–water partition coefficient (Wildman–Crippen LogP) is 0.843. The average molecular weight is 315 g/mol. The van der Waals surface area contributed by atoms with E-state index in [0.29, 0.717) is 31.9 Å². The Morgan fingerprint density at radius 1 is 1.09 bits per heavy atom. The van der Waals surface area contributed by atoms with E-state index in [1.807, 2.05) is 41.9 Å². The Balaban J connectivity index is 1.74. The third-order valence-electron chi connectivity index (χ3n) is 4.41. The Morgan fingerprint density at radius 3 is 2.30 bits per heavy atom. The van der Waals surface area contributed by atoms with E-state index >= 15 is 0 Å². The molecule has 2 heterocycles. The predicted molar refractivity (Wildman–Crippen MR) is 87.1 cm³/mol. The third-order valence-corrected chi connectivity index (χ3v) is 4.41. The van der Waals surface area contributed by atoms with Crippen LogP contribution in [0.25, 0.3) is 10.9 Å². The van der Waals surface area contributed by atoms with Crippen LogP contribution in [-0.2, 0) is 11.8 Å². The summed E-state index contributed by atoms with van der Waals surface area (Å²) in [6.45, 7) is 3.35. The first-order valence-corrected chi connectivity index (χ1v) is 7.79. The zero-order chi connectivity index (χ0) is 16.6. The van der Waals surface area contributed by atoms with Crippen LogP contribution in [0.1, 0.15) is 17.4 Å². The summed E-state index contributed by atoms with van der Waals surface area (Å²) < 4.78 is 1.91. The van der Waals surface area contributed by atoms with Gasteiger partial charge in [-0.25, -0.2) is 0 Å². The summed E-state index contributed by atoms with van der Waals surface area (Å²) in [5.74, 6) is -0.297. The number of fused-ring (bicyclic) bond motifs is 1. The zero-order valence-electron chi connectivity index (χ0n) is 13.4. The van der Waals surface area contributed by atoms with Crippen molar-refractivity contribution in [3.8, 4) is 0 Å². The average Bonchev–Trinajstić information content (AvgIpc) is 2.91. The van der Waals surface area contributed by atoms with Gasteiger partial charge in [-0.1, -0.05) is 18.2 Å². The van der Waals surface area contributed by atoms with Gasteiger partial charge < -0.3 is 19.5 Å². The SMILES string of the molecule is CC(O)C(=O)N1CCN(C(=O)c2cc3ccccc3n2C)CC1. The zero-order valence-corrected chi connectivity index (χ0v) is 13.4. The highest BCUT2D eigenvalue weighted by Crippen LogP contribution is 2.20. The fraction of sp³-hybridized carbons (Fsp3) is 0.412. The van der Waals surface area contributed by atoms with Crippen LogP contribution in [0.15, 0.2) is 30.3 Å². The van der Waals surface area contributed by atoms with Crippen LogP contribution >= 0.6 is 0 Å². The van der Waals surface area contributed by atoms with Gasteiger partial charge in [-0.05, 0) is 19.1 Å². The molecule has 0 aliphatic carbocycles. The van der Waals surface area contributed by atoms with Crippen LogP contribution in [-0.4, -0.2) is 63.6 Å². The number of amides is 2. The number of aryl methyl sites for hydroxylation is 1. The number of rotatable bonds is 2. The number of aromatic nitrogens is 1. The minimum absolute atomic E-state index is 0.0205. The lowest BCUT2D eigenvalue weighted by atomic mass is 10.2. The summed E-state index contributed by atoms with van der Waals surface area (Å²) in [5.41, 5.74) is 1.68. The van der Waals surface area contributed by atoms with Gasteiger partial charge in [0.2, 0.25) is 0 Å². The van der Waals surface area contributed by atoms with Gasteiger partial charge >= 0.3 is 0 Å². The second-order valence-electron chi connectivity index (χ2n) is 5.94. The highest BCUT2D eigenvalue weighted by atomic mass is 16.3. The molecule has 1 aliphatic rings. The molecule has 1 fully saturated rings. The number of benzene rings is 1. The van der Waals surface area contributed by atoms with Gasteiger partial charge in [0.05, 0.1) is 0 Å². The molecule has 3 rings (SSSR count). The maximum atomic E-state index is 12.8. The van der Waals surface area contributed by atoms with Gasteiger partial charge in [0, 0.05) is 44.1 Å². The Kier molecular flexibility index (Phi) is 4.09. The first-order valence-electron chi connectivity index (χ1n) is 7.79. The van der Waals surface area contributed by atoms with Crippen LogP contribution in [0.3, 0.4) is 0 Å². The van der Waals surface area contributed by atoms with Crippen molar-refractivity contribution < 1.29 is 14.7 Å². The number of nitrogens with zero attached hydrogens (tertiary/aromatic N) is 3. The molecule has 1 atom stereocenters. The molecule has 6 nitrogen and oxygen atoms in total. The number of para-hydroxylation sites is 1. The quantitative estimate of drug-likeness (QED) is 0.893. The van der Waals surface area contributed by atoms with Gasteiger partial charge in [0.25, 0.3) is 11.8 Å². The van der Waals surface area contributed by atoms with Crippen LogP contribution in [0.4, 0.5) is 0 Å². The number of carbonyl (C=O) groups is 2. The number of aliphatic hydroxyl groups excluding tert-OH is 1. The summed E-state index contributed by atoms with van der Waals surface area (Å²) in [7, 11) is 1.89. The molecule has 0 spiro atoms. The summed E-state index contributed by atoms with van der Waals surface area (Å²) >= 11 is 0. The summed E-state index contributed by atoms with van der Waals surface area (Å²) in [6.07, 6.45) is -0.990. The molecule has 1 unspecified atom stereocenters. The van der Waals surface area contributed by atoms with Crippen LogP contribution in [0, 0.1) is 0 Å². The van der Waals surface area contributed by atoms with Gasteiger partial charge in [-0.15, -0.1) is 0 Å². The molecule has 1 aromatic carbocycles. The second-order valence-corrected chi connectivity index (χ2v) is 5.94. The van der Waals surface area contributed by atoms with Gasteiger partial charge in [0.15, 0.2) is 0 Å². The van der Waals surface area contributed by atoms with E-state index in [-0.39, 0.29) is 11.8 Å². The van der Waals surface area contributed by atoms with Gasteiger partial charge in [-0.3, -0.25) is 9.59 Å². The lowest BCUT2D eigenvalue weighted by Gasteiger charge is -2.35. The summed E-state index contributed by atoms with van der Waals surface area (Å²) in [5, 5.41) is 10.4. The molecule has 0 saturated carbocycles. The fourth-order valence-electron chi connectivity index (χ4n) is 3.05. The maximum absolute atomic E-state index is 12.8. The molecule has 0 radical (unpaired) electrons. The number of hydrogen-bond donors (Lipinski definition) is 1. The van der Waals surface area contributed by atoms with Crippen LogP contribution in [0.2, 0.25) is 0 Å². The van der Waals surface area contributed by atoms with E-state index in [9.17, 15) is 14.7 Å². The van der Waals surface area contributed by atoms with E-state index in [1.165, 1.54) is 6.92 Å². The van der Waals surface area contributed by atoms with E-state index in [2.05, 4.69) is 0 Å². The van der Waals surface area contributed by atoms with Crippen molar-refractivity contribution in [1.82, 2.24) is 14.4 Å². The standard InChI is InChI=1S/C17H21N3O3/c1-12(21)16(22)19-7-9-20(10-8-19)17(23)15-11-13-5-3-4-6-14(13)18(15)2/h3-6,11-12,21H,7-10H2,1-2H3. The van der Waals surface area contributed by atoms with Gasteiger partial charge in [-0.2, -0.15) is 0 Å². The van der Waals surface area contributed by atoms with Crippen molar-refractivity contribution >= 4 is 22.7 Å². The Labute approximate surface area is 134 Å². The van der Waals surface area contributed by atoms with E-state index in [1.54, 1.807) is 9.80 Å². The minimum Gasteiger partial charge on any atom is -0.384 e. The first-order chi connectivity index (χ1) is 11.0. The number of hydrogen-bond acceptors (Lipinski definition) is 3. The Bertz CT molecular complexity index is 743. The van der Waals surface area contributed by atoms with Crippen molar-refractivity contribution in [3.05, 3.63) is 36.0 Å².